The van der Waals surface area contributed by atoms with Gasteiger partial charge in [-0.1, -0.05) is 12.1 Å². The molecule has 0 radical (unpaired) electrons. The van der Waals surface area contributed by atoms with Crippen LogP contribution in [0.4, 0.5) is 13.2 Å². The third-order valence-electron chi connectivity index (χ3n) is 3.93. The topological polar surface area (TPSA) is 44.5 Å². The minimum atomic E-state index is -4.33. The summed E-state index contributed by atoms with van der Waals surface area (Å²) in [4.78, 5) is 0. The maximum Gasteiger partial charge on any atom is 0.416 e. The van der Waals surface area contributed by atoms with Crippen molar-refractivity contribution in [2.45, 2.75) is 37.6 Å². The summed E-state index contributed by atoms with van der Waals surface area (Å²) in [6.45, 7) is 3.49. The zero-order valence-electron chi connectivity index (χ0n) is 12.0. The Morgan fingerprint density at radius 2 is 1.81 bits per heavy atom. The molecule has 1 unspecified atom stereocenters. The van der Waals surface area contributed by atoms with E-state index in [2.05, 4.69) is 0 Å². The molecule has 2 N–H and O–H groups in total. The smallest absolute Gasteiger partial charge is 0.381 e. The Morgan fingerprint density at radius 1 is 1.24 bits per heavy atom. The molecule has 0 saturated carbocycles. The number of halogens is 3. The molecular weight excluding hydrogens is 283 g/mol. The van der Waals surface area contributed by atoms with E-state index in [0.29, 0.717) is 38.2 Å². The van der Waals surface area contributed by atoms with Gasteiger partial charge in [-0.2, -0.15) is 13.2 Å². The number of benzene rings is 1. The van der Waals surface area contributed by atoms with Crippen LogP contribution >= 0.6 is 0 Å². The normalized spacial score (nSPS) is 20.2. The van der Waals surface area contributed by atoms with Crippen molar-refractivity contribution in [3.8, 4) is 0 Å². The molecule has 1 atom stereocenters. The van der Waals surface area contributed by atoms with Gasteiger partial charge in [-0.15, -0.1) is 0 Å². The highest BCUT2D eigenvalue weighted by Crippen LogP contribution is 2.37. The molecule has 1 fully saturated rings. The van der Waals surface area contributed by atoms with Gasteiger partial charge < -0.3 is 15.2 Å². The van der Waals surface area contributed by atoms with Gasteiger partial charge in [0.05, 0.1) is 17.2 Å². The van der Waals surface area contributed by atoms with Gasteiger partial charge in [0.2, 0.25) is 0 Å². The van der Waals surface area contributed by atoms with Crippen molar-refractivity contribution < 1.29 is 22.6 Å². The lowest BCUT2D eigenvalue weighted by atomic mass is 9.82. The van der Waals surface area contributed by atoms with Crippen molar-refractivity contribution in [2.24, 2.45) is 5.73 Å². The summed E-state index contributed by atoms with van der Waals surface area (Å²) < 4.78 is 49.0. The van der Waals surface area contributed by atoms with Crippen LogP contribution in [0.3, 0.4) is 0 Å². The molecule has 6 heteroatoms. The first kappa shape index (κ1) is 16.3. The predicted molar refractivity (Wildman–Crippen MR) is 72.8 cm³/mol. The number of hydrogen-bond donors (Lipinski definition) is 1. The molecule has 0 aliphatic carbocycles. The Morgan fingerprint density at radius 3 is 2.29 bits per heavy atom. The molecule has 3 nitrogen and oxygen atoms in total. The van der Waals surface area contributed by atoms with Crippen molar-refractivity contribution in [3.63, 3.8) is 0 Å². The van der Waals surface area contributed by atoms with Crippen LogP contribution in [-0.4, -0.2) is 25.4 Å². The second-order valence-corrected chi connectivity index (χ2v) is 5.21. The quantitative estimate of drug-likeness (QED) is 0.928. The van der Waals surface area contributed by atoms with Gasteiger partial charge in [0.1, 0.15) is 0 Å². The third kappa shape index (κ3) is 3.56. The maximum atomic E-state index is 12.6. The van der Waals surface area contributed by atoms with Gasteiger partial charge in [-0.25, -0.2) is 0 Å². The van der Waals surface area contributed by atoms with Crippen molar-refractivity contribution >= 4 is 0 Å². The average molecular weight is 303 g/mol. The molecule has 0 amide bonds. The third-order valence-corrected chi connectivity index (χ3v) is 3.93. The Bertz CT molecular complexity index is 447. The monoisotopic (exact) mass is 303 g/mol. The van der Waals surface area contributed by atoms with Gasteiger partial charge >= 0.3 is 6.18 Å². The van der Waals surface area contributed by atoms with E-state index in [-0.39, 0.29) is 0 Å². The van der Waals surface area contributed by atoms with Gasteiger partial charge in [0.15, 0.2) is 0 Å². The molecule has 0 bridgehead atoms. The Hall–Kier alpha value is -1.11. The Labute approximate surface area is 122 Å². The fourth-order valence-electron chi connectivity index (χ4n) is 2.73. The molecule has 1 aliphatic rings. The number of alkyl halides is 3. The van der Waals surface area contributed by atoms with Crippen LogP contribution < -0.4 is 5.73 Å². The summed E-state index contributed by atoms with van der Waals surface area (Å²) in [5.41, 5.74) is 5.71. The molecule has 21 heavy (non-hydrogen) atoms. The highest BCUT2D eigenvalue weighted by Gasteiger charge is 2.40. The number of ether oxygens (including phenoxy) is 2. The molecule has 1 saturated heterocycles. The van der Waals surface area contributed by atoms with Crippen LogP contribution in [0.15, 0.2) is 24.3 Å². The molecule has 2 rings (SSSR count). The first-order chi connectivity index (χ1) is 9.89. The molecule has 0 spiro atoms. The summed E-state index contributed by atoms with van der Waals surface area (Å²) in [5.74, 6) is 0. The van der Waals surface area contributed by atoms with Crippen LogP contribution in [0, 0.1) is 0 Å². The summed E-state index contributed by atoms with van der Waals surface area (Å²) in [5, 5.41) is 0. The maximum absolute atomic E-state index is 12.6. The van der Waals surface area contributed by atoms with Crippen molar-refractivity contribution in [1.82, 2.24) is 0 Å². The molecule has 118 valence electrons. The fraction of sp³-hybridized carbons (Fsp3) is 0.600. The lowest BCUT2D eigenvalue weighted by molar-refractivity contribution is -0.137. The van der Waals surface area contributed by atoms with Crippen LogP contribution in [0.2, 0.25) is 0 Å². The van der Waals surface area contributed by atoms with Crippen LogP contribution in [0.5, 0.6) is 0 Å². The summed E-state index contributed by atoms with van der Waals surface area (Å²) in [7, 11) is 0. The highest BCUT2D eigenvalue weighted by atomic mass is 19.4. The van der Waals surface area contributed by atoms with E-state index in [1.807, 2.05) is 6.92 Å². The second-order valence-electron chi connectivity index (χ2n) is 5.21. The molecule has 0 aromatic heterocycles. The van der Waals surface area contributed by atoms with Gasteiger partial charge in [0, 0.05) is 32.7 Å². The molecule has 1 aliphatic heterocycles. The van der Waals surface area contributed by atoms with Crippen molar-refractivity contribution in [1.29, 1.82) is 0 Å². The molecular formula is C15H20F3NO2. The molecule has 1 heterocycles. The van der Waals surface area contributed by atoms with E-state index in [4.69, 9.17) is 15.2 Å². The first-order valence-corrected chi connectivity index (χ1v) is 7.03. The van der Waals surface area contributed by atoms with Crippen molar-refractivity contribution in [3.05, 3.63) is 35.4 Å². The zero-order chi connectivity index (χ0) is 15.5. The Balaban J connectivity index is 2.22. The van der Waals surface area contributed by atoms with E-state index in [1.165, 1.54) is 12.1 Å². The van der Waals surface area contributed by atoms with Gasteiger partial charge in [-0.05, 0) is 24.6 Å². The second kappa shape index (κ2) is 6.34. The van der Waals surface area contributed by atoms with Gasteiger partial charge in [0.25, 0.3) is 0 Å². The lowest BCUT2D eigenvalue weighted by Crippen LogP contribution is -2.48. The number of hydrogen-bond acceptors (Lipinski definition) is 3. The lowest BCUT2D eigenvalue weighted by Gasteiger charge is -2.41. The number of rotatable bonds is 4. The van der Waals surface area contributed by atoms with Crippen LogP contribution in [-0.2, 0) is 15.7 Å². The predicted octanol–water partition coefficient (Wildman–Crippen LogP) is 3.29. The fourth-order valence-corrected chi connectivity index (χ4v) is 2.73. The van der Waals surface area contributed by atoms with E-state index in [9.17, 15) is 13.2 Å². The average Bonchev–Trinajstić information content (AvgIpc) is 2.47. The summed E-state index contributed by atoms with van der Waals surface area (Å²) in [6.07, 6.45) is -3.05. The largest absolute Gasteiger partial charge is 0.416 e. The Kier molecular flexibility index (Phi) is 4.91. The molecule has 1 aromatic carbocycles. The van der Waals surface area contributed by atoms with E-state index >= 15 is 0 Å². The minimum Gasteiger partial charge on any atom is -0.381 e. The zero-order valence-corrected chi connectivity index (χ0v) is 12.0. The van der Waals surface area contributed by atoms with Crippen LogP contribution in [0.1, 0.15) is 36.9 Å². The first-order valence-electron chi connectivity index (χ1n) is 7.03. The van der Waals surface area contributed by atoms with E-state index < -0.39 is 23.4 Å². The minimum absolute atomic E-state index is 0.469. The summed E-state index contributed by atoms with van der Waals surface area (Å²) >= 11 is 0. The highest BCUT2D eigenvalue weighted by molar-refractivity contribution is 5.28. The SMILES string of the molecule is CCOC1(C(N)c2ccc(C(F)(F)F)cc2)CCOCC1. The van der Waals surface area contributed by atoms with Crippen LogP contribution in [0.25, 0.3) is 0 Å². The van der Waals surface area contributed by atoms with Gasteiger partial charge in [-0.3, -0.25) is 0 Å². The standard InChI is InChI=1S/C15H20F3NO2/c1-2-21-14(7-9-20-10-8-14)13(19)11-3-5-12(6-4-11)15(16,17)18/h3-6,13H,2,7-10,19H2,1H3. The van der Waals surface area contributed by atoms with E-state index in [1.54, 1.807) is 0 Å². The summed E-state index contributed by atoms with van der Waals surface area (Å²) in [6, 6.07) is 4.53. The number of nitrogens with two attached hydrogens (primary N) is 1. The van der Waals surface area contributed by atoms with Crippen molar-refractivity contribution in [2.75, 3.05) is 19.8 Å². The molecule has 1 aromatic rings. The van der Waals surface area contributed by atoms with E-state index in [0.717, 1.165) is 12.1 Å².